The molecule has 1 atom stereocenters. The first-order valence-corrected chi connectivity index (χ1v) is 5.38. The Morgan fingerprint density at radius 1 is 1.67 bits per heavy atom. The lowest BCUT2D eigenvalue weighted by Crippen LogP contribution is -2.57. The fourth-order valence-corrected chi connectivity index (χ4v) is 1.91. The van der Waals surface area contributed by atoms with Crippen LogP contribution in [0.3, 0.4) is 0 Å². The second-order valence-electron chi connectivity index (χ2n) is 3.43. The third-order valence-corrected chi connectivity index (χ3v) is 2.45. The Bertz CT molecular complexity index is 161. The van der Waals surface area contributed by atoms with Gasteiger partial charge < -0.3 is 11.1 Å². The Morgan fingerprint density at radius 2 is 2.17 bits per heavy atom. The molecule has 0 aliphatic heterocycles. The summed E-state index contributed by atoms with van der Waals surface area (Å²) >= 11 is 1.62. The van der Waals surface area contributed by atoms with Crippen LogP contribution in [0.4, 0.5) is 0 Å². The number of carbonyl (C=O) groups is 1. The van der Waals surface area contributed by atoms with Crippen LogP contribution >= 0.6 is 11.8 Å². The van der Waals surface area contributed by atoms with Crippen LogP contribution in [0.5, 0.6) is 0 Å². The minimum absolute atomic E-state index is 0.273. The van der Waals surface area contributed by atoms with Crippen LogP contribution in [0.15, 0.2) is 0 Å². The quantitative estimate of drug-likeness (QED) is 0.667. The van der Waals surface area contributed by atoms with Gasteiger partial charge >= 0.3 is 0 Å². The van der Waals surface area contributed by atoms with Gasteiger partial charge in [0.15, 0.2) is 0 Å². The lowest BCUT2D eigenvalue weighted by molar-refractivity contribution is -0.123. The van der Waals surface area contributed by atoms with E-state index in [1.807, 2.05) is 27.0 Å². The van der Waals surface area contributed by atoms with Gasteiger partial charge in [-0.25, -0.2) is 0 Å². The third kappa shape index (κ3) is 3.45. The van der Waals surface area contributed by atoms with E-state index in [-0.39, 0.29) is 11.9 Å². The standard InChI is InChI=1S/C8H18N2OS/c1-6(2)10-8(3,5-12-4)7(9)11/h6,10H,5H2,1-4H3,(H2,9,11). The molecule has 0 aliphatic carbocycles. The summed E-state index contributed by atoms with van der Waals surface area (Å²) in [5.74, 6) is 0.422. The molecule has 1 amide bonds. The largest absolute Gasteiger partial charge is 0.368 e. The molecule has 0 aromatic rings. The molecule has 4 heteroatoms. The Balaban J connectivity index is 4.28. The number of carbonyl (C=O) groups excluding carboxylic acids is 1. The maximum atomic E-state index is 11.1. The van der Waals surface area contributed by atoms with Gasteiger partial charge in [0.2, 0.25) is 5.91 Å². The molecule has 0 saturated heterocycles. The van der Waals surface area contributed by atoms with Crippen LogP contribution in [0.2, 0.25) is 0 Å². The van der Waals surface area contributed by atoms with Gasteiger partial charge in [0.05, 0.1) is 0 Å². The molecule has 3 N–H and O–H groups in total. The second kappa shape index (κ2) is 4.72. The summed E-state index contributed by atoms with van der Waals surface area (Å²) in [6, 6.07) is 0.273. The predicted octanol–water partition coefficient (Wildman–Crippen LogP) is 0.591. The van der Waals surface area contributed by atoms with E-state index >= 15 is 0 Å². The van der Waals surface area contributed by atoms with Crippen molar-refractivity contribution in [2.45, 2.75) is 32.4 Å². The van der Waals surface area contributed by atoms with E-state index in [2.05, 4.69) is 5.32 Å². The number of amides is 1. The number of rotatable bonds is 5. The van der Waals surface area contributed by atoms with Crippen molar-refractivity contribution in [2.24, 2.45) is 5.73 Å². The van der Waals surface area contributed by atoms with E-state index in [4.69, 9.17) is 5.73 Å². The van der Waals surface area contributed by atoms with Crippen LogP contribution < -0.4 is 11.1 Å². The zero-order valence-corrected chi connectivity index (χ0v) is 8.99. The molecule has 0 radical (unpaired) electrons. The fraction of sp³-hybridized carbons (Fsp3) is 0.875. The van der Waals surface area contributed by atoms with Crippen molar-refractivity contribution < 1.29 is 4.79 Å². The maximum Gasteiger partial charge on any atom is 0.238 e. The van der Waals surface area contributed by atoms with Crippen LogP contribution in [0.25, 0.3) is 0 Å². The summed E-state index contributed by atoms with van der Waals surface area (Å²) in [7, 11) is 0. The average molecular weight is 190 g/mol. The van der Waals surface area contributed by atoms with Crippen molar-refractivity contribution in [3.8, 4) is 0 Å². The molecule has 1 unspecified atom stereocenters. The molecule has 0 bridgehead atoms. The molecular formula is C8H18N2OS. The Kier molecular flexibility index (Phi) is 4.63. The molecule has 12 heavy (non-hydrogen) atoms. The molecule has 0 saturated carbocycles. The highest BCUT2D eigenvalue weighted by atomic mass is 32.2. The van der Waals surface area contributed by atoms with Gasteiger partial charge in [-0.15, -0.1) is 0 Å². The zero-order chi connectivity index (χ0) is 9.78. The van der Waals surface area contributed by atoms with Crippen molar-refractivity contribution in [2.75, 3.05) is 12.0 Å². The van der Waals surface area contributed by atoms with E-state index in [9.17, 15) is 4.79 Å². The minimum atomic E-state index is -0.576. The molecule has 0 aromatic heterocycles. The molecule has 0 spiro atoms. The van der Waals surface area contributed by atoms with E-state index < -0.39 is 5.54 Å². The summed E-state index contributed by atoms with van der Waals surface area (Å²) in [5.41, 5.74) is 4.71. The summed E-state index contributed by atoms with van der Waals surface area (Å²) < 4.78 is 0. The summed E-state index contributed by atoms with van der Waals surface area (Å²) in [6.07, 6.45) is 1.96. The number of primary amides is 1. The lowest BCUT2D eigenvalue weighted by Gasteiger charge is -2.28. The van der Waals surface area contributed by atoms with Gasteiger partial charge in [0.25, 0.3) is 0 Å². The number of hydrogen-bond acceptors (Lipinski definition) is 3. The summed E-state index contributed by atoms with van der Waals surface area (Å²) in [5, 5.41) is 3.16. The summed E-state index contributed by atoms with van der Waals surface area (Å²) in [6.45, 7) is 5.84. The number of hydrogen-bond donors (Lipinski definition) is 2. The molecular weight excluding hydrogens is 172 g/mol. The maximum absolute atomic E-state index is 11.1. The predicted molar refractivity (Wildman–Crippen MR) is 54.3 cm³/mol. The van der Waals surface area contributed by atoms with Gasteiger partial charge in [-0.05, 0) is 27.0 Å². The monoisotopic (exact) mass is 190 g/mol. The van der Waals surface area contributed by atoms with Crippen molar-refractivity contribution in [1.82, 2.24) is 5.32 Å². The molecule has 0 heterocycles. The average Bonchev–Trinajstić information content (AvgIpc) is 1.85. The first-order chi connectivity index (χ1) is 5.42. The van der Waals surface area contributed by atoms with E-state index in [1.54, 1.807) is 11.8 Å². The van der Waals surface area contributed by atoms with Gasteiger partial charge in [0.1, 0.15) is 5.54 Å². The number of nitrogens with two attached hydrogens (primary N) is 1. The molecule has 0 aromatic carbocycles. The van der Waals surface area contributed by atoms with Crippen molar-refractivity contribution in [3.05, 3.63) is 0 Å². The molecule has 3 nitrogen and oxygen atoms in total. The first-order valence-electron chi connectivity index (χ1n) is 3.99. The van der Waals surface area contributed by atoms with E-state index in [0.29, 0.717) is 5.75 Å². The van der Waals surface area contributed by atoms with Gasteiger partial charge in [0, 0.05) is 11.8 Å². The molecule has 0 aliphatic rings. The fourth-order valence-electron chi connectivity index (χ4n) is 1.11. The number of thioether (sulfide) groups is 1. The molecule has 0 rings (SSSR count). The number of nitrogens with one attached hydrogen (secondary N) is 1. The smallest absolute Gasteiger partial charge is 0.238 e. The van der Waals surface area contributed by atoms with Crippen LogP contribution in [-0.4, -0.2) is 29.5 Å². The van der Waals surface area contributed by atoms with Gasteiger partial charge in [-0.1, -0.05) is 0 Å². The first kappa shape index (κ1) is 11.8. The van der Waals surface area contributed by atoms with Crippen LogP contribution in [0.1, 0.15) is 20.8 Å². The van der Waals surface area contributed by atoms with Gasteiger partial charge in [-0.3, -0.25) is 4.79 Å². The highest BCUT2D eigenvalue weighted by molar-refractivity contribution is 7.98. The van der Waals surface area contributed by atoms with Crippen molar-refractivity contribution in [1.29, 1.82) is 0 Å². The Labute approximate surface area is 78.5 Å². The normalized spacial score (nSPS) is 16.1. The van der Waals surface area contributed by atoms with Crippen molar-refractivity contribution in [3.63, 3.8) is 0 Å². The molecule has 72 valence electrons. The van der Waals surface area contributed by atoms with Crippen LogP contribution in [-0.2, 0) is 4.79 Å². The minimum Gasteiger partial charge on any atom is -0.368 e. The lowest BCUT2D eigenvalue weighted by atomic mass is 10.0. The highest BCUT2D eigenvalue weighted by Crippen LogP contribution is 2.11. The van der Waals surface area contributed by atoms with E-state index in [0.717, 1.165) is 0 Å². The second-order valence-corrected chi connectivity index (χ2v) is 4.29. The highest BCUT2D eigenvalue weighted by Gasteiger charge is 2.30. The summed E-state index contributed by atoms with van der Waals surface area (Å²) in [4.78, 5) is 11.1. The Hall–Kier alpha value is -0.220. The van der Waals surface area contributed by atoms with Gasteiger partial charge in [-0.2, -0.15) is 11.8 Å². The Morgan fingerprint density at radius 3 is 2.42 bits per heavy atom. The third-order valence-electron chi connectivity index (χ3n) is 1.58. The molecule has 0 fully saturated rings. The SMILES string of the molecule is CSCC(C)(NC(C)C)C(N)=O. The topological polar surface area (TPSA) is 55.1 Å². The van der Waals surface area contributed by atoms with E-state index in [1.165, 1.54) is 0 Å². The van der Waals surface area contributed by atoms with Crippen molar-refractivity contribution >= 4 is 17.7 Å². The van der Waals surface area contributed by atoms with Crippen LogP contribution in [0, 0.1) is 0 Å². The zero-order valence-electron chi connectivity index (χ0n) is 8.18.